The van der Waals surface area contributed by atoms with Crippen molar-refractivity contribution in [3.63, 3.8) is 0 Å². The van der Waals surface area contributed by atoms with Gasteiger partial charge in [0.05, 0.1) is 12.7 Å². The van der Waals surface area contributed by atoms with Crippen molar-refractivity contribution in [1.82, 2.24) is 9.97 Å². The summed E-state index contributed by atoms with van der Waals surface area (Å²) in [5, 5.41) is 0. The Balaban J connectivity index is 1.85. The summed E-state index contributed by atoms with van der Waals surface area (Å²) < 4.78 is 45.8. The van der Waals surface area contributed by atoms with E-state index in [1.165, 1.54) is 12.1 Å². The van der Waals surface area contributed by atoms with Crippen LogP contribution in [-0.4, -0.2) is 29.2 Å². The summed E-state index contributed by atoms with van der Waals surface area (Å²) >= 11 is 0. The maximum Gasteiger partial charge on any atom is 0.415 e. The van der Waals surface area contributed by atoms with E-state index in [2.05, 4.69) is 9.97 Å². The molecule has 0 aliphatic carbocycles. The first kappa shape index (κ1) is 16.2. The average molecular weight is 337 g/mol. The van der Waals surface area contributed by atoms with Crippen molar-refractivity contribution in [3.05, 3.63) is 53.2 Å². The molecule has 0 saturated carbocycles. The average Bonchev–Trinajstić information content (AvgIpc) is 2.97. The molecule has 1 aromatic heterocycles. The molecule has 1 atom stereocenters. The summed E-state index contributed by atoms with van der Waals surface area (Å²) in [4.78, 5) is 20.5. The van der Waals surface area contributed by atoms with Gasteiger partial charge in [0.1, 0.15) is 12.4 Å². The number of amides is 1. The van der Waals surface area contributed by atoms with E-state index in [-0.39, 0.29) is 36.8 Å². The van der Waals surface area contributed by atoms with Crippen LogP contribution in [0.5, 0.6) is 0 Å². The van der Waals surface area contributed by atoms with E-state index in [4.69, 9.17) is 4.74 Å². The number of ether oxygens (including phenoxy) is 1. The second kappa shape index (κ2) is 6.46. The van der Waals surface area contributed by atoms with Gasteiger partial charge in [-0.1, -0.05) is 19.1 Å². The Hall–Kier alpha value is -2.64. The van der Waals surface area contributed by atoms with Gasteiger partial charge >= 0.3 is 6.09 Å². The lowest BCUT2D eigenvalue weighted by atomic mass is 9.96. The maximum atomic E-state index is 13.9. The summed E-state index contributed by atoms with van der Waals surface area (Å²) in [6, 6.07) is 3.93. The second-order valence-electron chi connectivity index (χ2n) is 5.47. The van der Waals surface area contributed by atoms with Crippen LogP contribution in [0, 0.1) is 17.5 Å². The zero-order valence-corrected chi connectivity index (χ0v) is 12.8. The fourth-order valence-electron chi connectivity index (χ4n) is 2.55. The highest BCUT2D eigenvalue weighted by Gasteiger charge is 2.28. The van der Waals surface area contributed by atoms with Gasteiger partial charge in [-0.15, -0.1) is 0 Å². The minimum Gasteiger partial charge on any atom is -0.447 e. The molecule has 1 aliphatic heterocycles. The molecule has 0 unspecified atom stereocenters. The maximum absolute atomic E-state index is 13.9. The first-order valence-electron chi connectivity index (χ1n) is 7.37. The molecule has 0 spiro atoms. The van der Waals surface area contributed by atoms with Gasteiger partial charge in [-0.3, -0.25) is 4.90 Å². The van der Waals surface area contributed by atoms with E-state index in [0.29, 0.717) is 0 Å². The van der Waals surface area contributed by atoms with Crippen molar-refractivity contribution in [2.24, 2.45) is 0 Å². The highest BCUT2D eigenvalue weighted by molar-refractivity contribution is 5.88. The van der Waals surface area contributed by atoms with Crippen LogP contribution >= 0.6 is 0 Å². The summed E-state index contributed by atoms with van der Waals surface area (Å²) in [6.07, 6.45) is 0.442. The van der Waals surface area contributed by atoms with Crippen LogP contribution in [0.4, 0.5) is 23.8 Å². The molecule has 3 rings (SSSR count). The molecule has 2 aromatic rings. The Bertz CT molecular complexity index is 785. The number of benzene rings is 1. The molecular weight excluding hydrogens is 323 g/mol. The van der Waals surface area contributed by atoms with E-state index in [1.54, 1.807) is 6.92 Å². The molecule has 24 heavy (non-hydrogen) atoms. The largest absolute Gasteiger partial charge is 0.447 e. The number of hydrogen-bond donors (Lipinski definition) is 0. The molecule has 1 saturated heterocycles. The molecule has 1 amide bonds. The van der Waals surface area contributed by atoms with Crippen LogP contribution in [0.25, 0.3) is 0 Å². The number of carbonyl (C=O) groups excluding carboxylic acids is 1. The normalized spacial score (nSPS) is 15.5. The standard InChI is InChI=1S/C16H14F3N3O2/c1-9(10-3-2-4-11(17)14(10)19)7-13-20-8-12(18)15(21-13)22-5-6-24-16(22)23/h2-4,8-9H,5-7H2,1H3/t9-/m1/s1. The summed E-state index contributed by atoms with van der Waals surface area (Å²) in [5.41, 5.74) is 0.185. The van der Waals surface area contributed by atoms with Crippen LogP contribution in [0.1, 0.15) is 24.2 Å². The highest BCUT2D eigenvalue weighted by Crippen LogP contribution is 2.25. The number of aromatic nitrogens is 2. The van der Waals surface area contributed by atoms with Crippen LogP contribution < -0.4 is 4.90 Å². The van der Waals surface area contributed by atoms with E-state index >= 15 is 0 Å². The number of hydrogen-bond acceptors (Lipinski definition) is 4. The summed E-state index contributed by atoms with van der Waals surface area (Å²) in [7, 11) is 0. The third-order valence-electron chi connectivity index (χ3n) is 3.79. The van der Waals surface area contributed by atoms with Gasteiger partial charge in [0, 0.05) is 6.42 Å². The van der Waals surface area contributed by atoms with Crippen molar-refractivity contribution in [3.8, 4) is 0 Å². The van der Waals surface area contributed by atoms with Crippen molar-refractivity contribution in [1.29, 1.82) is 0 Å². The molecule has 2 heterocycles. The van der Waals surface area contributed by atoms with E-state index < -0.39 is 29.5 Å². The lowest BCUT2D eigenvalue weighted by Gasteiger charge is -2.15. The first-order valence-corrected chi connectivity index (χ1v) is 7.37. The Morgan fingerprint density at radius 2 is 2.08 bits per heavy atom. The van der Waals surface area contributed by atoms with Gasteiger partial charge in [0.2, 0.25) is 0 Å². The van der Waals surface area contributed by atoms with Gasteiger partial charge in [-0.25, -0.2) is 27.9 Å². The zero-order valence-electron chi connectivity index (χ0n) is 12.8. The lowest BCUT2D eigenvalue weighted by Crippen LogP contribution is -2.26. The van der Waals surface area contributed by atoms with Gasteiger partial charge < -0.3 is 4.74 Å². The molecule has 0 radical (unpaired) electrons. The Kier molecular flexibility index (Phi) is 4.37. The molecule has 1 aliphatic rings. The van der Waals surface area contributed by atoms with Gasteiger partial charge in [-0.2, -0.15) is 0 Å². The second-order valence-corrected chi connectivity index (χ2v) is 5.47. The van der Waals surface area contributed by atoms with Crippen molar-refractivity contribution < 1.29 is 22.7 Å². The van der Waals surface area contributed by atoms with Crippen molar-refractivity contribution in [2.45, 2.75) is 19.3 Å². The number of nitrogens with zero attached hydrogens (tertiary/aromatic N) is 3. The fraction of sp³-hybridized carbons (Fsp3) is 0.312. The topological polar surface area (TPSA) is 55.3 Å². The molecule has 5 nitrogen and oxygen atoms in total. The number of cyclic esters (lactones) is 1. The van der Waals surface area contributed by atoms with Crippen LogP contribution in [-0.2, 0) is 11.2 Å². The molecule has 0 bridgehead atoms. The quantitative estimate of drug-likeness (QED) is 0.860. The third-order valence-corrected chi connectivity index (χ3v) is 3.79. The zero-order chi connectivity index (χ0) is 17.3. The molecule has 126 valence electrons. The smallest absolute Gasteiger partial charge is 0.415 e. The predicted molar refractivity (Wildman–Crippen MR) is 79.2 cm³/mol. The lowest BCUT2D eigenvalue weighted by molar-refractivity contribution is 0.181. The highest BCUT2D eigenvalue weighted by atomic mass is 19.2. The van der Waals surface area contributed by atoms with Crippen LogP contribution in [0.15, 0.2) is 24.4 Å². The Labute approximate surface area is 136 Å². The predicted octanol–water partition coefficient (Wildman–Crippen LogP) is 3.20. The van der Waals surface area contributed by atoms with Gasteiger partial charge in [0.25, 0.3) is 0 Å². The van der Waals surface area contributed by atoms with E-state index in [9.17, 15) is 18.0 Å². The Morgan fingerprint density at radius 3 is 2.79 bits per heavy atom. The molecule has 1 aromatic carbocycles. The molecule has 0 N–H and O–H groups in total. The van der Waals surface area contributed by atoms with Gasteiger partial charge in [0.15, 0.2) is 23.3 Å². The fourth-order valence-corrected chi connectivity index (χ4v) is 2.55. The summed E-state index contributed by atoms with van der Waals surface area (Å²) in [6.45, 7) is 2.04. The number of halogens is 3. The van der Waals surface area contributed by atoms with Crippen LogP contribution in [0.2, 0.25) is 0 Å². The number of anilines is 1. The minimum atomic E-state index is -0.931. The summed E-state index contributed by atoms with van der Waals surface area (Å²) in [5.74, 6) is -2.97. The van der Waals surface area contributed by atoms with E-state index in [0.717, 1.165) is 17.2 Å². The molecular formula is C16H14F3N3O2. The third kappa shape index (κ3) is 3.04. The monoisotopic (exact) mass is 337 g/mol. The Morgan fingerprint density at radius 1 is 1.29 bits per heavy atom. The SMILES string of the molecule is C[C@H](Cc1ncc(F)c(N2CCOC2=O)n1)c1cccc(F)c1F. The van der Waals surface area contributed by atoms with Crippen molar-refractivity contribution >= 4 is 11.9 Å². The number of rotatable bonds is 4. The number of carbonyl (C=O) groups is 1. The van der Waals surface area contributed by atoms with E-state index in [1.807, 2.05) is 0 Å². The first-order chi connectivity index (χ1) is 11.5. The molecule has 8 heteroatoms. The molecule has 1 fully saturated rings. The van der Waals surface area contributed by atoms with Crippen LogP contribution in [0.3, 0.4) is 0 Å². The minimum absolute atomic E-state index is 0.155. The van der Waals surface area contributed by atoms with Gasteiger partial charge in [-0.05, 0) is 17.5 Å². The van der Waals surface area contributed by atoms with Crippen molar-refractivity contribution in [2.75, 3.05) is 18.1 Å².